The second kappa shape index (κ2) is 11.2. The van der Waals surface area contributed by atoms with Gasteiger partial charge in [0.25, 0.3) is 5.91 Å². The minimum atomic E-state index is -0.307. The predicted octanol–water partition coefficient (Wildman–Crippen LogP) is 3.27. The van der Waals surface area contributed by atoms with Crippen molar-refractivity contribution in [3.8, 4) is 0 Å². The summed E-state index contributed by atoms with van der Waals surface area (Å²) in [6.45, 7) is 6.61. The van der Waals surface area contributed by atoms with Gasteiger partial charge in [-0.15, -0.1) is 0 Å². The minimum absolute atomic E-state index is 0.0282. The normalized spacial score (nSPS) is 14.6. The zero-order valence-electron chi connectivity index (χ0n) is 20.8. The smallest absolute Gasteiger partial charge is 0.255 e. The molecule has 9 nitrogen and oxygen atoms in total. The number of anilines is 1. The highest BCUT2D eigenvalue weighted by Gasteiger charge is 2.22. The number of hydrogen-bond acceptors (Lipinski definition) is 6. The first-order chi connectivity index (χ1) is 17.4. The van der Waals surface area contributed by atoms with E-state index in [0.29, 0.717) is 60.9 Å². The van der Waals surface area contributed by atoms with E-state index in [1.807, 2.05) is 17.0 Å². The molecule has 4 rings (SSSR count). The number of rotatable bonds is 8. The Morgan fingerprint density at radius 2 is 1.97 bits per heavy atom. The highest BCUT2D eigenvalue weighted by atomic mass is 16.2. The van der Waals surface area contributed by atoms with Gasteiger partial charge < -0.3 is 20.9 Å². The summed E-state index contributed by atoms with van der Waals surface area (Å²) in [4.78, 5) is 49.8. The topological polar surface area (TPSA) is 121 Å². The van der Waals surface area contributed by atoms with Gasteiger partial charge in [0.05, 0.1) is 17.6 Å². The standard InChI is InChI=1S/C27H32N6O3/c1-3-8-33(9-4-2)27(36)20-11-18-5-6-19(13-24(18)31-25(28)14-20)26(35)30-22-12-21-16-32(17-34)10-7-23(21)29-15-22/h5-6,11-13,15,17H,3-4,7-10,14,16H2,1-2H3,(H2,28,31)(H,30,35). The van der Waals surface area contributed by atoms with Crippen LogP contribution in [0.1, 0.15) is 60.3 Å². The first kappa shape index (κ1) is 25.1. The van der Waals surface area contributed by atoms with Gasteiger partial charge in [0.15, 0.2) is 0 Å². The van der Waals surface area contributed by atoms with E-state index in [2.05, 4.69) is 29.1 Å². The number of amidine groups is 1. The molecule has 2 aromatic rings. The molecule has 0 radical (unpaired) electrons. The molecule has 188 valence electrons. The third-order valence-electron chi connectivity index (χ3n) is 6.28. The molecule has 3 N–H and O–H groups in total. The van der Waals surface area contributed by atoms with Crippen LogP contribution in [0.3, 0.4) is 0 Å². The second-order valence-corrected chi connectivity index (χ2v) is 9.13. The minimum Gasteiger partial charge on any atom is -0.387 e. The van der Waals surface area contributed by atoms with Gasteiger partial charge in [-0.25, -0.2) is 4.99 Å². The summed E-state index contributed by atoms with van der Waals surface area (Å²) in [5, 5.41) is 2.88. The van der Waals surface area contributed by atoms with Gasteiger partial charge in [-0.3, -0.25) is 19.4 Å². The van der Waals surface area contributed by atoms with Crippen LogP contribution in [0.4, 0.5) is 11.4 Å². The van der Waals surface area contributed by atoms with Gasteiger partial charge in [0.2, 0.25) is 12.3 Å². The number of carbonyl (C=O) groups excluding carboxylic acids is 3. The van der Waals surface area contributed by atoms with E-state index in [4.69, 9.17) is 5.73 Å². The van der Waals surface area contributed by atoms with E-state index in [9.17, 15) is 14.4 Å². The number of amides is 3. The Balaban J connectivity index is 1.55. The van der Waals surface area contributed by atoms with Crippen molar-refractivity contribution in [3.05, 3.63) is 58.4 Å². The van der Waals surface area contributed by atoms with Crippen LogP contribution in [-0.4, -0.2) is 58.5 Å². The molecule has 0 fully saturated rings. The highest BCUT2D eigenvalue weighted by molar-refractivity contribution is 6.07. The molecule has 3 amide bonds. The zero-order chi connectivity index (χ0) is 25.7. The second-order valence-electron chi connectivity index (χ2n) is 9.13. The van der Waals surface area contributed by atoms with E-state index in [1.54, 1.807) is 29.3 Å². The molecule has 0 saturated heterocycles. The van der Waals surface area contributed by atoms with E-state index in [1.165, 1.54) is 0 Å². The Hall–Kier alpha value is -4.01. The van der Waals surface area contributed by atoms with Gasteiger partial charge in [-0.2, -0.15) is 0 Å². The van der Waals surface area contributed by atoms with Gasteiger partial charge >= 0.3 is 0 Å². The van der Waals surface area contributed by atoms with Gasteiger partial charge in [-0.1, -0.05) is 19.9 Å². The van der Waals surface area contributed by atoms with Crippen molar-refractivity contribution in [2.45, 2.75) is 46.1 Å². The number of pyridine rings is 1. The third-order valence-corrected chi connectivity index (χ3v) is 6.28. The lowest BCUT2D eigenvalue weighted by Gasteiger charge is -2.24. The molecule has 0 spiro atoms. The molecule has 1 aromatic heterocycles. The van der Waals surface area contributed by atoms with Gasteiger partial charge in [-0.05, 0) is 42.7 Å². The number of benzene rings is 1. The fourth-order valence-corrected chi connectivity index (χ4v) is 4.54. The van der Waals surface area contributed by atoms with Crippen LogP contribution in [0.25, 0.3) is 6.08 Å². The molecule has 0 atom stereocenters. The zero-order valence-corrected chi connectivity index (χ0v) is 20.8. The van der Waals surface area contributed by atoms with Crippen molar-refractivity contribution in [1.82, 2.24) is 14.8 Å². The van der Waals surface area contributed by atoms with Crippen molar-refractivity contribution >= 4 is 41.5 Å². The SMILES string of the molecule is CCCN(CCC)C(=O)C1=Cc2ccc(C(=O)Nc3cnc4c(c3)CN(C=O)CC4)cc2N=C(N)C1. The maximum atomic E-state index is 13.2. The Morgan fingerprint density at radius 3 is 2.69 bits per heavy atom. The number of carbonyl (C=O) groups is 3. The van der Waals surface area contributed by atoms with Crippen LogP contribution in [-0.2, 0) is 22.6 Å². The number of nitrogens with one attached hydrogen (secondary N) is 1. The number of hydrogen-bond donors (Lipinski definition) is 2. The van der Waals surface area contributed by atoms with Crippen molar-refractivity contribution in [2.24, 2.45) is 10.7 Å². The predicted molar refractivity (Wildman–Crippen MR) is 140 cm³/mol. The summed E-state index contributed by atoms with van der Waals surface area (Å²) in [5.41, 5.74) is 10.9. The quantitative estimate of drug-likeness (QED) is 0.553. The summed E-state index contributed by atoms with van der Waals surface area (Å²) in [7, 11) is 0. The van der Waals surface area contributed by atoms with Crippen molar-refractivity contribution in [2.75, 3.05) is 25.0 Å². The molecule has 36 heavy (non-hydrogen) atoms. The fourth-order valence-electron chi connectivity index (χ4n) is 4.54. The molecule has 2 aliphatic rings. The third kappa shape index (κ3) is 5.62. The first-order valence-electron chi connectivity index (χ1n) is 12.4. The summed E-state index contributed by atoms with van der Waals surface area (Å²) in [6, 6.07) is 7.03. The molecule has 0 saturated carbocycles. The first-order valence-corrected chi connectivity index (χ1v) is 12.4. The number of aliphatic imine (C=N–C) groups is 1. The fraction of sp³-hybridized carbons (Fsp3) is 0.370. The number of nitrogens with zero attached hydrogens (tertiary/aromatic N) is 4. The molecule has 3 heterocycles. The monoisotopic (exact) mass is 488 g/mol. The summed E-state index contributed by atoms with van der Waals surface area (Å²) in [5.74, 6) is -0.00461. The maximum Gasteiger partial charge on any atom is 0.255 e. The lowest BCUT2D eigenvalue weighted by atomic mass is 10.0. The number of nitrogens with two attached hydrogens (primary N) is 1. The molecule has 0 bridgehead atoms. The summed E-state index contributed by atoms with van der Waals surface area (Å²) < 4.78 is 0. The molecule has 9 heteroatoms. The summed E-state index contributed by atoms with van der Waals surface area (Å²) >= 11 is 0. The Kier molecular flexibility index (Phi) is 7.77. The largest absolute Gasteiger partial charge is 0.387 e. The van der Waals surface area contributed by atoms with Crippen LogP contribution in [0.2, 0.25) is 0 Å². The lowest BCUT2D eigenvalue weighted by molar-refractivity contribution is -0.127. The molecule has 0 aliphatic carbocycles. The number of aromatic nitrogens is 1. The van der Waals surface area contributed by atoms with Crippen LogP contribution in [0.5, 0.6) is 0 Å². The Bertz CT molecular complexity index is 1230. The molecule has 1 aromatic carbocycles. The molecular formula is C27H32N6O3. The van der Waals surface area contributed by atoms with Crippen molar-refractivity contribution in [1.29, 1.82) is 0 Å². The van der Waals surface area contributed by atoms with E-state index in [-0.39, 0.29) is 18.2 Å². The summed E-state index contributed by atoms with van der Waals surface area (Å²) in [6.07, 6.45) is 7.00. The Labute approximate surface area is 211 Å². The lowest BCUT2D eigenvalue weighted by Crippen LogP contribution is -2.34. The molecule has 0 unspecified atom stereocenters. The van der Waals surface area contributed by atoms with Crippen LogP contribution in [0, 0.1) is 0 Å². The van der Waals surface area contributed by atoms with Crippen molar-refractivity contribution < 1.29 is 14.4 Å². The Morgan fingerprint density at radius 1 is 1.19 bits per heavy atom. The molecular weight excluding hydrogens is 456 g/mol. The highest BCUT2D eigenvalue weighted by Crippen LogP contribution is 2.29. The number of fused-ring (bicyclic) bond motifs is 2. The molecule has 2 aliphatic heterocycles. The van der Waals surface area contributed by atoms with E-state index >= 15 is 0 Å². The van der Waals surface area contributed by atoms with Gasteiger partial charge in [0, 0.05) is 61.4 Å². The maximum absolute atomic E-state index is 13.2. The van der Waals surface area contributed by atoms with Crippen molar-refractivity contribution in [3.63, 3.8) is 0 Å². The van der Waals surface area contributed by atoms with E-state index in [0.717, 1.165) is 36.1 Å². The van der Waals surface area contributed by atoms with Gasteiger partial charge in [0.1, 0.15) is 5.84 Å². The van der Waals surface area contributed by atoms with Crippen LogP contribution >= 0.6 is 0 Å². The van der Waals surface area contributed by atoms with E-state index < -0.39 is 0 Å². The average molecular weight is 489 g/mol. The van der Waals surface area contributed by atoms with Crippen LogP contribution in [0.15, 0.2) is 41.0 Å². The van der Waals surface area contributed by atoms with Crippen LogP contribution < -0.4 is 11.1 Å². The average Bonchev–Trinajstić information content (AvgIpc) is 3.05.